The number of anilines is 1. The molecule has 28 heavy (non-hydrogen) atoms. The Bertz CT molecular complexity index is 966. The summed E-state index contributed by atoms with van der Waals surface area (Å²) in [4.78, 5) is 47.9. The molecule has 2 aromatic rings. The van der Waals surface area contributed by atoms with Gasteiger partial charge in [0, 0.05) is 24.2 Å². The molecule has 1 heterocycles. The Balaban J connectivity index is 2.49. The van der Waals surface area contributed by atoms with Crippen LogP contribution in [-0.4, -0.2) is 36.4 Å². The van der Waals surface area contributed by atoms with Crippen LogP contribution in [0.1, 0.15) is 48.4 Å². The molecular weight excluding hydrogens is 386 g/mol. The summed E-state index contributed by atoms with van der Waals surface area (Å²) in [5.74, 6) is -1.70. The number of amides is 2. The molecule has 0 bridgehead atoms. The van der Waals surface area contributed by atoms with E-state index in [1.54, 1.807) is 13.8 Å². The summed E-state index contributed by atoms with van der Waals surface area (Å²) >= 11 is 0.934. The van der Waals surface area contributed by atoms with E-state index in [9.17, 15) is 24.5 Å². The van der Waals surface area contributed by atoms with E-state index in [0.717, 1.165) is 11.3 Å². The van der Waals surface area contributed by atoms with Gasteiger partial charge >= 0.3 is 5.97 Å². The van der Waals surface area contributed by atoms with E-state index in [0.29, 0.717) is 5.56 Å². The van der Waals surface area contributed by atoms with Crippen molar-refractivity contribution in [2.24, 2.45) is 0 Å². The SMILES string of the molecule is CCOC(=O)c1c(NC(=O)c2cccc([N+](=O)[O-])c2C)sc(C(=O)NC)c1C. The number of rotatable bonds is 6. The monoisotopic (exact) mass is 405 g/mol. The smallest absolute Gasteiger partial charge is 0.341 e. The number of ether oxygens (including phenoxy) is 1. The van der Waals surface area contributed by atoms with Gasteiger partial charge in [-0.2, -0.15) is 0 Å². The van der Waals surface area contributed by atoms with Gasteiger partial charge in [-0.3, -0.25) is 19.7 Å². The molecule has 0 aliphatic rings. The minimum absolute atomic E-state index is 0.0851. The van der Waals surface area contributed by atoms with Crippen molar-refractivity contribution >= 4 is 39.8 Å². The van der Waals surface area contributed by atoms with Crippen LogP contribution in [0.5, 0.6) is 0 Å². The van der Waals surface area contributed by atoms with Gasteiger partial charge in [-0.1, -0.05) is 6.07 Å². The van der Waals surface area contributed by atoms with Gasteiger partial charge in [0.15, 0.2) is 0 Å². The molecule has 2 rings (SSSR count). The number of nitro groups is 1. The third-order valence-corrected chi connectivity index (χ3v) is 5.24. The minimum atomic E-state index is -0.669. The summed E-state index contributed by atoms with van der Waals surface area (Å²) in [5, 5.41) is 16.3. The number of benzene rings is 1. The quantitative estimate of drug-likeness (QED) is 0.432. The molecule has 0 aliphatic carbocycles. The Labute approximate surface area is 164 Å². The average molecular weight is 405 g/mol. The average Bonchev–Trinajstić information content (AvgIpc) is 2.97. The molecule has 148 valence electrons. The molecule has 2 N–H and O–H groups in total. The van der Waals surface area contributed by atoms with E-state index < -0.39 is 22.7 Å². The maximum atomic E-state index is 12.7. The van der Waals surface area contributed by atoms with E-state index in [1.165, 1.54) is 32.2 Å². The first-order chi connectivity index (χ1) is 13.2. The summed E-state index contributed by atoms with van der Waals surface area (Å²) in [6, 6.07) is 4.15. The topological polar surface area (TPSA) is 128 Å². The normalized spacial score (nSPS) is 10.3. The molecular formula is C18H19N3O6S. The first-order valence-electron chi connectivity index (χ1n) is 8.30. The highest BCUT2D eigenvalue weighted by Crippen LogP contribution is 2.34. The van der Waals surface area contributed by atoms with E-state index in [1.807, 2.05) is 0 Å². The predicted octanol–water partition coefficient (Wildman–Crippen LogP) is 3.06. The lowest BCUT2D eigenvalue weighted by atomic mass is 10.1. The van der Waals surface area contributed by atoms with Crippen molar-refractivity contribution < 1.29 is 24.0 Å². The molecule has 1 aromatic heterocycles. The molecule has 0 unspecified atom stereocenters. The molecule has 0 saturated heterocycles. The zero-order chi connectivity index (χ0) is 21.0. The van der Waals surface area contributed by atoms with Crippen LogP contribution in [0.3, 0.4) is 0 Å². The van der Waals surface area contributed by atoms with Crippen molar-refractivity contribution in [3.63, 3.8) is 0 Å². The number of esters is 1. The van der Waals surface area contributed by atoms with Gasteiger partial charge in [0.1, 0.15) is 5.00 Å². The van der Waals surface area contributed by atoms with E-state index in [-0.39, 0.29) is 38.9 Å². The van der Waals surface area contributed by atoms with Crippen LogP contribution in [0.15, 0.2) is 18.2 Å². The number of thiophene rings is 1. The van der Waals surface area contributed by atoms with Gasteiger partial charge < -0.3 is 15.4 Å². The standard InChI is InChI=1S/C18H19N3O6S/c1-5-27-18(24)13-10(3)14(16(23)19-4)28-17(13)20-15(22)11-7-6-8-12(9(11)2)21(25)26/h6-8H,5H2,1-4H3,(H,19,23)(H,20,22). The molecule has 0 fully saturated rings. The minimum Gasteiger partial charge on any atom is -0.462 e. The highest BCUT2D eigenvalue weighted by atomic mass is 32.1. The lowest BCUT2D eigenvalue weighted by Gasteiger charge is -2.09. The second-order valence-corrected chi connectivity index (χ2v) is 6.74. The first kappa shape index (κ1) is 21.0. The van der Waals surface area contributed by atoms with E-state index in [2.05, 4.69) is 10.6 Å². The van der Waals surface area contributed by atoms with Gasteiger partial charge in [-0.05, 0) is 32.4 Å². The fourth-order valence-corrected chi connectivity index (χ4v) is 3.75. The number of hydrogen-bond donors (Lipinski definition) is 2. The Hall–Kier alpha value is -3.27. The van der Waals surface area contributed by atoms with Crippen LogP contribution in [0.2, 0.25) is 0 Å². The summed E-state index contributed by atoms with van der Waals surface area (Å²) in [6.45, 7) is 4.82. The molecule has 0 atom stereocenters. The largest absolute Gasteiger partial charge is 0.462 e. The third-order valence-electron chi connectivity index (χ3n) is 4.03. The van der Waals surface area contributed by atoms with Gasteiger partial charge in [-0.25, -0.2) is 4.79 Å². The van der Waals surface area contributed by atoms with Crippen LogP contribution in [0.25, 0.3) is 0 Å². The molecule has 9 nitrogen and oxygen atoms in total. The number of carbonyl (C=O) groups excluding carboxylic acids is 3. The Morgan fingerprint density at radius 3 is 2.43 bits per heavy atom. The van der Waals surface area contributed by atoms with Crippen molar-refractivity contribution in [2.75, 3.05) is 19.0 Å². The third kappa shape index (κ3) is 4.01. The second-order valence-electron chi connectivity index (χ2n) is 5.72. The summed E-state index contributed by atoms with van der Waals surface area (Å²) in [5.41, 5.74) is 0.571. The summed E-state index contributed by atoms with van der Waals surface area (Å²) in [6.07, 6.45) is 0. The van der Waals surface area contributed by atoms with Crippen molar-refractivity contribution in [2.45, 2.75) is 20.8 Å². The lowest BCUT2D eigenvalue weighted by Crippen LogP contribution is -2.18. The zero-order valence-electron chi connectivity index (χ0n) is 15.7. The van der Waals surface area contributed by atoms with Gasteiger partial charge in [0.2, 0.25) is 0 Å². The summed E-state index contributed by atoms with van der Waals surface area (Å²) in [7, 11) is 1.45. The van der Waals surface area contributed by atoms with Crippen LogP contribution in [-0.2, 0) is 4.74 Å². The highest BCUT2D eigenvalue weighted by Gasteiger charge is 2.27. The van der Waals surface area contributed by atoms with Crippen molar-refractivity contribution in [3.05, 3.63) is 55.4 Å². The Morgan fingerprint density at radius 1 is 1.18 bits per heavy atom. The lowest BCUT2D eigenvalue weighted by molar-refractivity contribution is -0.385. The van der Waals surface area contributed by atoms with E-state index >= 15 is 0 Å². The van der Waals surface area contributed by atoms with Crippen molar-refractivity contribution in [1.82, 2.24) is 5.32 Å². The maximum absolute atomic E-state index is 12.7. The van der Waals surface area contributed by atoms with Crippen molar-refractivity contribution in [1.29, 1.82) is 0 Å². The number of hydrogen-bond acceptors (Lipinski definition) is 7. The number of nitrogens with zero attached hydrogens (tertiary/aromatic N) is 1. The molecule has 0 spiro atoms. The molecule has 1 aromatic carbocycles. The number of nitro benzene ring substituents is 1. The molecule has 0 radical (unpaired) electrons. The Kier molecular flexibility index (Phi) is 6.47. The van der Waals surface area contributed by atoms with Gasteiger partial charge in [0.25, 0.3) is 17.5 Å². The van der Waals surface area contributed by atoms with Crippen LogP contribution in [0.4, 0.5) is 10.7 Å². The van der Waals surface area contributed by atoms with Crippen LogP contribution in [0, 0.1) is 24.0 Å². The summed E-state index contributed by atoms with van der Waals surface area (Å²) < 4.78 is 5.03. The molecule has 0 aliphatic heterocycles. The molecule has 0 saturated carbocycles. The first-order valence-corrected chi connectivity index (χ1v) is 9.12. The second kappa shape index (κ2) is 8.61. The fraction of sp³-hybridized carbons (Fsp3) is 0.278. The van der Waals surface area contributed by atoms with E-state index in [4.69, 9.17) is 4.74 Å². The fourth-order valence-electron chi connectivity index (χ4n) is 2.62. The van der Waals surface area contributed by atoms with Gasteiger partial charge in [0.05, 0.1) is 22.0 Å². The molecule has 10 heteroatoms. The van der Waals surface area contributed by atoms with Crippen LogP contribution < -0.4 is 10.6 Å². The number of carbonyl (C=O) groups is 3. The van der Waals surface area contributed by atoms with Gasteiger partial charge in [-0.15, -0.1) is 11.3 Å². The highest BCUT2D eigenvalue weighted by molar-refractivity contribution is 7.18. The van der Waals surface area contributed by atoms with Crippen molar-refractivity contribution in [3.8, 4) is 0 Å². The zero-order valence-corrected chi connectivity index (χ0v) is 16.6. The predicted molar refractivity (Wildman–Crippen MR) is 104 cm³/mol. The Morgan fingerprint density at radius 2 is 1.86 bits per heavy atom. The maximum Gasteiger partial charge on any atom is 0.341 e. The molecule has 2 amide bonds. The number of nitrogens with one attached hydrogen (secondary N) is 2. The van der Waals surface area contributed by atoms with Crippen LogP contribution >= 0.6 is 11.3 Å².